The van der Waals surface area contributed by atoms with Crippen molar-refractivity contribution in [3.05, 3.63) is 47.1 Å². The van der Waals surface area contributed by atoms with Crippen LogP contribution in [0.1, 0.15) is 63.6 Å². The van der Waals surface area contributed by atoms with Crippen LogP contribution in [-0.4, -0.2) is 63.3 Å². The maximum Gasteiger partial charge on any atom is 0.249 e. The van der Waals surface area contributed by atoms with Crippen molar-refractivity contribution in [2.45, 2.75) is 102 Å². The second-order valence-electron chi connectivity index (χ2n) is 14.4. The van der Waals surface area contributed by atoms with Crippen LogP contribution in [0.4, 0.5) is 4.39 Å². The molecule has 4 atom stereocenters. The summed E-state index contributed by atoms with van der Waals surface area (Å²) in [6, 6.07) is 6.94. The monoisotopic (exact) mass is 645 g/mol. The van der Waals surface area contributed by atoms with Gasteiger partial charge in [0.25, 0.3) is 0 Å². The number of carbonyl (C=O) groups excluding carboxylic acids is 2. The van der Waals surface area contributed by atoms with Gasteiger partial charge < -0.3 is 19.3 Å². The van der Waals surface area contributed by atoms with Crippen LogP contribution in [0.5, 0.6) is 0 Å². The van der Waals surface area contributed by atoms with E-state index >= 15 is 4.39 Å². The third-order valence-electron chi connectivity index (χ3n) is 9.43. The second kappa shape index (κ2) is 11.5. The second-order valence-corrected chi connectivity index (χ2v) is 24.8. The van der Waals surface area contributed by atoms with E-state index in [1.165, 1.54) is 17.7 Å². The summed E-state index contributed by atoms with van der Waals surface area (Å²) in [5.74, 6) is -0.579. The molecule has 3 heterocycles. The van der Waals surface area contributed by atoms with Crippen molar-refractivity contribution in [1.29, 1.82) is 0 Å². The molecule has 43 heavy (non-hydrogen) atoms. The van der Waals surface area contributed by atoms with Gasteiger partial charge in [-0.05, 0) is 47.7 Å². The first-order valence-electron chi connectivity index (χ1n) is 14.5. The van der Waals surface area contributed by atoms with E-state index in [1.54, 1.807) is 29.6 Å². The normalized spacial score (nSPS) is 23.6. The number of fused-ring (bicyclic) bond motifs is 1. The number of thiophene rings is 1. The van der Waals surface area contributed by atoms with Crippen LogP contribution in [0.3, 0.4) is 0 Å². The predicted octanol–water partition coefficient (Wildman–Crippen LogP) is 7.22. The highest BCUT2D eigenvalue weighted by atomic mass is 32.1. The third-order valence-corrected chi connectivity index (χ3v) is 19.4. The lowest BCUT2D eigenvalue weighted by Crippen LogP contribution is -2.57. The lowest BCUT2D eigenvalue weighted by molar-refractivity contribution is -0.144. The number of hydrogen-bond donors (Lipinski definition) is 1. The number of alkyl halides is 1. The summed E-state index contributed by atoms with van der Waals surface area (Å²) in [6.45, 7) is 20.7. The molecule has 0 aliphatic carbocycles. The molecule has 1 aliphatic heterocycles. The minimum absolute atomic E-state index is 0.114. The van der Waals surface area contributed by atoms with Crippen molar-refractivity contribution in [2.24, 2.45) is 5.73 Å². The third kappa shape index (κ3) is 6.14. The molecule has 2 N–H and O–H groups in total. The molecule has 0 unspecified atom stereocenters. The Morgan fingerprint density at radius 3 is 2.30 bits per heavy atom. The van der Waals surface area contributed by atoms with Crippen LogP contribution in [0.15, 0.2) is 36.0 Å². The lowest BCUT2D eigenvalue weighted by Gasteiger charge is -2.43. The van der Waals surface area contributed by atoms with E-state index in [2.05, 4.69) is 64.6 Å². The van der Waals surface area contributed by atoms with Gasteiger partial charge in [0.1, 0.15) is 18.5 Å². The molecule has 1 aliphatic rings. The molecular formula is C31H44FN3O5SSi2. The van der Waals surface area contributed by atoms with Crippen LogP contribution >= 0.6 is 11.3 Å². The van der Waals surface area contributed by atoms with Gasteiger partial charge >= 0.3 is 0 Å². The molecule has 1 fully saturated rings. The Bertz CT molecular complexity index is 1520. The Morgan fingerprint density at radius 1 is 1.09 bits per heavy atom. The highest BCUT2D eigenvalue weighted by molar-refractivity contribution is 7.17. The SMILES string of the molecule is CC(C)(C)[Si](C)(C)OC[C@@]1(C=O)O[C@@H](c2csc3c(-c4ccccc4C(N)=O)ncnc23)[C@H](F)[C@@H]1O[Si](C)(C)C(C)(C)C. The highest BCUT2D eigenvalue weighted by Crippen LogP contribution is 2.50. The van der Waals surface area contributed by atoms with Gasteiger partial charge in [-0.3, -0.25) is 9.59 Å². The van der Waals surface area contributed by atoms with Gasteiger partial charge in [0.15, 0.2) is 34.7 Å². The van der Waals surface area contributed by atoms with E-state index in [-0.39, 0.29) is 16.7 Å². The zero-order valence-corrected chi connectivity index (χ0v) is 29.6. The quantitative estimate of drug-likeness (QED) is 0.193. The van der Waals surface area contributed by atoms with Crippen LogP contribution < -0.4 is 5.73 Å². The average Bonchev–Trinajstić information content (AvgIpc) is 3.45. The fraction of sp³-hybridized carbons (Fsp3) is 0.548. The van der Waals surface area contributed by atoms with E-state index in [0.717, 1.165) is 0 Å². The number of rotatable bonds is 9. The van der Waals surface area contributed by atoms with Crippen LogP contribution in [0.25, 0.3) is 21.5 Å². The van der Waals surface area contributed by atoms with Crippen LogP contribution in [0.2, 0.25) is 36.3 Å². The molecule has 4 rings (SSSR count). The Balaban J connectivity index is 1.82. The summed E-state index contributed by atoms with van der Waals surface area (Å²) in [5, 5.41) is 1.43. The Hall–Kier alpha value is -2.36. The van der Waals surface area contributed by atoms with Gasteiger partial charge in [-0.25, -0.2) is 14.4 Å². The standard InChI is InChI=1S/C31H44FN3O5SSi2/c1-29(2,3)42(7,8)38-17-31(16-36)27(40-43(9,10)30(4,5)6)22(32)25(39-31)21-15-41-26-23(34-18-35-24(21)26)19-13-11-12-14-20(19)28(33)37/h11-16,18,22,25,27H,17H2,1-10H3,(H2,33,37)/t22-,25-,27-,31+/m0/s1. The average molecular weight is 646 g/mol. The molecule has 2 aromatic heterocycles. The zero-order chi connectivity index (χ0) is 32.2. The number of aldehydes is 1. The first-order valence-corrected chi connectivity index (χ1v) is 21.2. The zero-order valence-electron chi connectivity index (χ0n) is 26.8. The van der Waals surface area contributed by atoms with Crippen molar-refractivity contribution in [1.82, 2.24) is 9.97 Å². The van der Waals surface area contributed by atoms with E-state index < -0.39 is 46.5 Å². The van der Waals surface area contributed by atoms with Crippen molar-refractivity contribution in [3.8, 4) is 11.3 Å². The van der Waals surface area contributed by atoms with E-state index in [1.807, 2.05) is 13.1 Å². The van der Waals surface area contributed by atoms with Crippen molar-refractivity contribution >= 4 is 50.4 Å². The fourth-order valence-electron chi connectivity index (χ4n) is 4.61. The minimum atomic E-state index is -2.56. The maximum atomic E-state index is 16.9. The number of benzene rings is 1. The number of nitrogens with two attached hydrogens (primary N) is 1. The van der Waals surface area contributed by atoms with E-state index in [9.17, 15) is 9.59 Å². The number of nitrogens with zero attached hydrogens (tertiary/aromatic N) is 2. The topological polar surface area (TPSA) is 114 Å². The number of ether oxygens (including phenoxy) is 1. The first kappa shape index (κ1) is 33.5. The van der Waals surface area contributed by atoms with Gasteiger partial charge in [0, 0.05) is 16.7 Å². The lowest BCUT2D eigenvalue weighted by atomic mass is 9.96. The van der Waals surface area contributed by atoms with Crippen molar-refractivity contribution in [2.75, 3.05) is 6.61 Å². The summed E-state index contributed by atoms with van der Waals surface area (Å²) in [4.78, 5) is 34.1. The molecule has 1 amide bonds. The van der Waals surface area contributed by atoms with Gasteiger partial charge in [-0.15, -0.1) is 11.3 Å². The summed E-state index contributed by atoms with van der Waals surface area (Å²) in [5.41, 5.74) is 6.37. The molecule has 0 radical (unpaired) electrons. The molecule has 0 bridgehead atoms. The summed E-state index contributed by atoms with van der Waals surface area (Å²) >= 11 is 1.32. The number of primary amides is 1. The van der Waals surface area contributed by atoms with Crippen LogP contribution in [0, 0.1) is 0 Å². The van der Waals surface area contributed by atoms with Gasteiger partial charge in [-0.2, -0.15) is 0 Å². The maximum absolute atomic E-state index is 16.9. The molecule has 1 saturated heterocycles. The molecule has 0 saturated carbocycles. The Morgan fingerprint density at radius 2 is 1.72 bits per heavy atom. The van der Waals surface area contributed by atoms with Gasteiger partial charge in [-0.1, -0.05) is 59.7 Å². The molecule has 3 aromatic rings. The van der Waals surface area contributed by atoms with Crippen molar-refractivity contribution < 1.29 is 27.6 Å². The number of carbonyl (C=O) groups is 2. The molecule has 12 heteroatoms. The summed E-state index contributed by atoms with van der Waals surface area (Å²) in [6.07, 6.45) is -1.93. The molecule has 1 aromatic carbocycles. The van der Waals surface area contributed by atoms with Crippen molar-refractivity contribution in [3.63, 3.8) is 0 Å². The number of aromatic nitrogens is 2. The number of halogens is 1. The van der Waals surface area contributed by atoms with E-state index in [4.69, 9.17) is 19.3 Å². The Labute approximate surface area is 259 Å². The molecule has 8 nitrogen and oxygen atoms in total. The first-order chi connectivity index (χ1) is 19.8. The predicted molar refractivity (Wildman–Crippen MR) is 174 cm³/mol. The van der Waals surface area contributed by atoms with Gasteiger partial charge in [0.2, 0.25) is 5.91 Å². The van der Waals surface area contributed by atoms with Crippen LogP contribution in [-0.2, 0) is 18.4 Å². The number of hydrogen-bond acceptors (Lipinski definition) is 8. The smallest absolute Gasteiger partial charge is 0.249 e. The molecule has 234 valence electrons. The summed E-state index contributed by atoms with van der Waals surface area (Å²) < 4.78 is 37.2. The minimum Gasteiger partial charge on any atom is -0.413 e. The largest absolute Gasteiger partial charge is 0.413 e. The number of amides is 1. The Kier molecular flexibility index (Phi) is 9.00. The molecular weight excluding hydrogens is 602 g/mol. The molecule has 0 spiro atoms. The highest BCUT2D eigenvalue weighted by Gasteiger charge is 2.61. The van der Waals surface area contributed by atoms with E-state index in [0.29, 0.717) is 38.9 Å². The summed E-state index contributed by atoms with van der Waals surface area (Å²) in [7, 11) is -4.89. The fourth-order valence-corrected chi connectivity index (χ4v) is 8.00. The van der Waals surface area contributed by atoms with Gasteiger partial charge in [0.05, 0.1) is 22.5 Å².